The first kappa shape index (κ1) is 27.0. The van der Waals surface area contributed by atoms with Crippen molar-refractivity contribution in [3.8, 4) is 33.8 Å². The van der Waals surface area contributed by atoms with E-state index in [1.807, 2.05) is 43.3 Å². The quantitative estimate of drug-likeness (QED) is 0.120. The van der Waals surface area contributed by atoms with Crippen molar-refractivity contribution in [3.63, 3.8) is 0 Å². The van der Waals surface area contributed by atoms with Crippen LogP contribution in [0.25, 0.3) is 33.2 Å². The maximum atomic E-state index is 11.6. The summed E-state index contributed by atoms with van der Waals surface area (Å²) in [6.45, 7) is 3.51. The number of pyridine rings is 1. The SMILES string of the molecule is CCOc1ccc(-c2ccc(CCNCC(O)c3ccc(O)c4[nH]c(=O)ccc34)c(N)c2)cc1-c1ccccc1. The standard InChI is InChI=1S/C33H33N3O4/c1-2-40-31-14-10-23(18-27(31)21-6-4-3-5-7-21)24-9-8-22(28(34)19-24)16-17-35-20-30(38)25-11-13-29(37)33-26(25)12-15-32(39)36-33/h3-15,18-19,30,35,37-38H,2,16-17,20,34H2,1H3,(H,36,39). The summed E-state index contributed by atoms with van der Waals surface area (Å²) >= 11 is 0. The van der Waals surface area contributed by atoms with E-state index in [4.69, 9.17) is 10.5 Å². The maximum Gasteiger partial charge on any atom is 0.248 e. The van der Waals surface area contributed by atoms with E-state index in [9.17, 15) is 15.0 Å². The number of hydrogen-bond donors (Lipinski definition) is 5. The summed E-state index contributed by atoms with van der Waals surface area (Å²) in [6, 6.07) is 28.7. The van der Waals surface area contributed by atoms with Crippen LogP contribution in [0.15, 0.2) is 95.8 Å². The van der Waals surface area contributed by atoms with E-state index >= 15 is 0 Å². The van der Waals surface area contributed by atoms with Crippen LogP contribution in [0.5, 0.6) is 11.5 Å². The number of aliphatic hydroxyl groups excluding tert-OH is 1. The number of fused-ring (bicyclic) bond motifs is 1. The number of hydrogen-bond acceptors (Lipinski definition) is 6. The van der Waals surface area contributed by atoms with Crippen LogP contribution in [0.4, 0.5) is 5.69 Å². The molecule has 0 saturated heterocycles. The van der Waals surface area contributed by atoms with Crippen molar-refractivity contribution in [3.05, 3.63) is 112 Å². The summed E-state index contributed by atoms with van der Waals surface area (Å²) in [7, 11) is 0. The van der Waals surface area contributed by atoms with Gasteiger partial charge in [-0.2, -0.15) is 0 Å². The van der Waals surface area contributed by atoms with E-state index in [0.717, 1.165) is 33.6 Å². The van der Waals surface area contributed by atoms with E-state index in [1.165, 1.54) is 12.1 Å². The van der Waals surface area contributed by atoms with E-state index in [-0.39, 0.29) is 11.3 Å². The molecule has 7 nitrogen and oxygen atoms in total. The van der Waals surface area contributed by atoms with Gasteiger partial charge in [0.05, 0.1) is 18.2 Å². The number of aromatic amines is 1. The third-order valence-corrected chi connectivity index (χ3v) is 7.02. The molecule has 0 radical (unpaired) electrons. The third-order valence-electron chi connectivity index (χ3n) is 7.02. The number of nitrogen functional groups attached to an aromatic ring is 1. The first-order valence-corrected chi connectivity index (χ1v) is 13.4. The fourth-order valence-corrected chi connectivity index (χ4v) is 4.96. The van der Waals surface area contributed by atoms with Gasteiger partial charge in [-0.1, -0.05) is 54.6 Å². The molecule has 1 aromatic heterocycles. The van der Waals surface area contributed by atoms with Crippen molar-refractivity contribution in [2.75, 3.05) is 25.4 Å². The molecule has 7 heteroatoms. The lowest BCUT2D eigenvalue weighted by atomic mass is 9.96. The predicted molar refractivity (Wildman–Crippen MR) is 161 cm³/mol. The van der Waals surface area contributed by atoms with Gasteiger partial charge in [0.25, 0.3) is 0 Å². The van der Waals surface area contributed by atoms with Crippen LogP contribution < -0.4 is 21.3 Å². The zero-order chi connectivity index (χ0) is 28.1. The largest absolute Gasteiger partial charge is 0.506 e. The molecule has 1 heterocycles. The number of aromatic nitrogens is 1. The highest BCUT2D eigenvalue weighted by Gasteiger charge is 2.14. The number of benzene rings is 4. The summed E-state index contributed by atoms with van der Waals surface area (Å²) < 4.78 is 5.88. The molecular weight excluding hydrogens is 502 g/mol. The summed E-state index contributed by atoms with van der Waals surface area (Å²) in [5.41, 5.74) is 13.1. The average Bonchev–Trinajstić information content (AvgIpc) is 2.97. The van der Waals surface area contributed by atoms with Crippen LogP contribution in [-0.2, 0) is 6.42 Å². The first-order valence-electron chi connectivity index (χ1n) is 13.4. The molecule has 0 saturated carbocycles. The van der Waals surface area contributed by atoms with Crippen LogP contribution in [0.1, 0.15) is 24.2 Å². The Bertz CT molecular complexity index is 1680. The molecule has 0 aliphatic rings. The molecule has 5 rings (SSSR count). The average molecular weight is 536 g/mol. The van der Waals surface area contributed by atoms with Gasteiger partial charge in [0, 0.05) is 29.2 Å². The monoisotopic (exact) mass is 535 g/mol. The molecule has 0 amide bonds. The molecule has 4 aromatic carbocycles. The zero-order valence-electron chi connectivity index (χ0n) is 22.4. The molecule has 204 valence electrons. The maximum absolute atomic E-state index is 11.6. The lowest BCUT2D eigenvalue weighted by Gasteiger charge is -2.16. The third kappa shape index (κ3) is 5.86. The normalized spacial score (nSPS) is 11.9. The molecule has 0 aliphatic carbocycles. The molecule has 6 N–H and O–H groups in total. The van der Waals surface area contributed by atoms with Crippen LogP contribution >= 0.6 is 0 Å². The van der Waals surface area contributed by atoms with E-state index in [1.54, 1.807) is 12.1 Å². The fourth-order valence-electron chi connectivity index (χ4n) is 4.96. The number of nitrogens with two attached hydrogens (primary N) is 1. The van der Waals surface area contributed by atoms with Gasteiger partial charge in [-0.3, -0.25) is 4.79 Å². The smallest absolute Gasteiger partial charge is 0.248 e. The molecule has 0 bridgehead atoms. The molecule has 1 unspecified atom stereocenters. The highest BCUT2D eigenvalue weighted by atomic mass is 16.5. The molecule has 0 aliphatic heterocycles. The van der Waals surface area contributed by atoms with E-state index in [2.05, 4.69) is 40.6 Å². The second kappa shape index (κ2) is 12.1. The van der Waals surface area contributed by atoms with Gasteiger partial charge in [0.2, 0.25) is 5.56 Å². The predicted octanol–water partition coefficient (Wildman–Crippen LogP) is 5.41. The minimum absolute atomic E-state index is 0.0305. The van der Waals surface area contributed by atoms with Gasteiger partial charge in [0.15, 0.2) is 0 Å². The number of phenolic OH excluding ortho intramolecular Hbond substituents is 1. The van der Waals surface area contributed by atoms with Gasteiger partial charge in [-0.25, -0.2) is 0 Å². The Morgan fingerprint density at radius 2 is 1.70 bits per heavy atom. The number of H-pyrrole nitrogens is 1. The topological polar surface area (TPSA) is 121 Å². The number of ether oxygens (including phenoxy) is 1. The Hall–Kier alpha value is -4.59. The molecule has 1 atom stereocenters. The summed E-state index contributed by atoms with van der Waals surface area (Å²) in [6.07, 6.45) is -0.117. The van der Waals surface area contributed by atoms with Gasteiger partial charge in [0.1, 0.15) is 11.5 Å². The molecule has 0 spiro atoms. The molecule has 5 aromatic rings. The number of aromatic hydroxyl groups is 1. The number of nitrogens with one attached hydrogen (secondary N) is 2. The highest BCUT2D eigenvalue weighted by molar-refractivity contribution is 5.87. The number of rotatable bonds is 10. The lowest BCUT2D eigenvalue weighted by Crippen LogP contribution is -2.24. The second-order valence-electron chi connectivity index (χ2n) is 9.68. The van der Waals surface area contributed by atoms with Crippen LogP contribution in [0.3, 0.4) is 0 Å². The first-order chi connectivity index (χ1) is 19.4. The van der Waals surface area contributed by atoms with Crippen molar-refractivity contribution in [2.24, 2.45) is 0 Å². The van der Waals surface area contributed by atoms with Gasteiger partial charge in [-0.05, 0) is 78.0 Å². The van der Waals surface area contributed by atoms with Crippen molar-refractivity contribution >= 4 is 16.6 Å². The van der Waals surface area contributed by atoms with Crippen molar-refractivity contribution in [2.45, 2.75) is 19.4 Å². The Labute approximate surface area is 232 Å². The van der Waals surface area contributed by atoms with Gasteiger partial charge >= 0.3 is 0 Å². The Morgan fingerprint density at radius 1 is 0.925 bits per heavy atom. The zero-order valence-corrected chi connectivity index (χ0v) is 22.4. The van der Waals surface area contributed by atoms with Crippen LogP contribution in [0.2, 0.25) is 0 Å². The van der Waals surface area contributed by atoms with Crippen molar-refractivity contribution in [1.82, 2.24) is 10.3 Å². The Balaban J connectivity index is 1.25. The van der Waals surface area contributed by atoms with Crippen molar-refractivity contribution in [1.29, 1.82) is 0 Å². The lowest BCUT2D eigenvalue weighted by molar-refractivity contribution is 0.176. The summed E-state index contributed by atoms with van der Waals surface area (Å²) in [4.78, 5) is 14.3. The van der Waals surface area contributed by atoms with E-state index in [0.29, 0.717) is 48.3 Å². The Morgan fingerprint density at radius 3 is 2.48 bits per heavy atom. The second-order valence-corrected chi connectivity index (χ2v) is 9.68. The number of phenols is 1. The van der Waals surface area contributed by atoms with E-state index < -0.39 is 6.10 Å². The molecule has 0 fully saturated rings. The highest BCUT2D eigenvalue weighted by Crippen LogP contribution is 2.35. The van der Waals surface area contributed by atoms with Crippen LogP contribution in [0, 0.1) is 0 Å². The van der Waals surface area contributed by atoms with Gasteiger partial charge < -0.3 is 31.0 Å². The minimum Gasteiger partial charge on any atom is -0.506 e. The van der Waals surface area contributed by atoms with Crippen LogP contribution in [-0.4, -0.2) is 34.9 Å². The Kier molecular flexibility index (Phi) is 8.15. The summed E-state index contributed by atoms with van der Waals surface area (Å²) in [5.74, 6) is 0.820. The van der Waals surface area contributed by atoms with Gasteiger partial charge in [-0.15, -0.1) is 0 Å². The molecule has 40 heavy (non-hydrogen) atoms. The minimum atomic E-state index is -0.813. The number of anilines is 1. The summed E-state index contributed by atoms with van der Waals surface area (Å²) in [5, 5.41) is 24.8. The number of aliphatic hydroxyl groups is 1. The van der Waals surface area contributed by atoms with Crippen molar-refractivity contribution < 1.29 is 14.9 Å². The fraction of sp³-hybridized carbons (Fsp3) is 0.182. The molecular formula is C33H33N3O4.